The maximum atomic E-state index is 10.7. The molecule has 90 valence electrons. The van der Waals surface area contributed by atoms with E-state index in [4.69, 9.17) is 14.0 Å². The Morgan fingerprint density at radius 1 is 1.17 bits per heavy atom. The van der Waals surface area contributed by atoms with E-state index in [1.54, 1.807) is 12.1 Å². The molecule has 0 fully saturated rings. The van der Waals surface area contributed by atoms with Gasteiger partial charge in [-0.1, -0.05) is 5.16 Å². The van der Waals surface area contributed by atoms with Crippen LogP contribution in [0.4, 0.5) is 0 Å². The summed E-state index contributed by atoms with van der Waals surface area (Å²) in [6.07, 6.45) is 0. The van der Waals surface area contributed by atoms with Crippen LogP contribution in [0.1, 0.15) is 10.5 Å². The number of hydrogen-bond acceptors (Lipinski definition) is 5. The predicted octanol–water partition coefficient (Wildman–Crippen LogP) is 2.49. The molecule has 0 amide bonds. The molecule has 0 bridgehead atoms. The summed E-state index contributed by atoms with van der Waals surface area (Å²) in [5.74, 6) is -0.462. The summed E-state index contributed by atoms with van der Waals surface area (Å²) >= 11 is 0. The molecular formula is C12H7NO5. The lowest BCUT2D eigenvalue weighted by atomic mass is 10.2. The van der Waals surface area contributed by atoms with Gasteiger partial charge in [-0.25, -0.2) is 4.79 Å². The molecule has 0 saturated heterocycles. The van der Waals surface area contributed by atoms with Crippen molar-refractivity contribution in [3.05, 3.63) is 36.0 Å². The van der Waals surface area contributed by atoms with Crippen LogP contribution in [0, 0.1) is 0 Å². The van der Waals surface area contributed by atoms with Gasteiger partial charge in [0.2, 0.25) is 5.76 Å². The largest absolute Gasteiger partial charge is 0.508 e. The van der Waals surface area contributed by atoms with Gasteiger partial charge in [-0.3, -0.25) is 0 Å². The van der Waals surface area contributed by atoms with Crippen molar-refractivity contribution < 1.29 is 23.9 Å². The number of phenols is 1. The first-order chi connectivity index (χ1) is 8.63. The lowest BCUT2D eigenvalue weighted by molar-refractivity contribution is 0.0686. The molecule has 3 aromatic rings. The minimum Gasteiger partial charge on any atom is -0.508 e. The Kier molecular flexibility index (Phi) is 2.09. The number of rotatable bonds is 2. The minimum atomic E-state index is -1.17. The van der Waals surface area contributed by atoms with Crippen molar-refractivity contribution in [2.75, 3.05) is 0 Å². The SMILES string of the molecule is O=C(O)c1cc(-c2cc3cc(O)ccc3o2)on1. The molecule has 2 heterocycles. The van der Waals surface area contributed by atoms with Crippen molar-refractivity contribution in [3.8, 4) is 17.3 Å². The van der Waals surface area contributed by atoms with Crippen LogP contribution in [0.2, 0.25) is 0 Å². The van der Waals surface area contributed by atoms with Crippen LogP contribution in [0.3, 0.4) is 0 Å². The van der Waals surface area contributed by atoms with Crippen LogP contribution in [-0.4, -0.2) is 21.3 Å². The van der Waals surface area contributed by atoms with Crippen LogP contribution >= 0.6 is 0 Å². The highest BCUT2D eigenvalue weighted by Crippen LogP contribution is 2.30. The van der Waals surface area contributed by atoms with Crippen LogP contribution < -0.4 is 0 Å². The van der Waals surface area contributed by atoms with E-state index in [-0.39, 0.29) is 17.2 Å². The zero-order valence-corrected chi connectivity index (χ0v) is 8.95. The van der Waals surface area contributed by atoms with Crippen LogP contribution in [0.15, 0.2) is 39.3 Å². The van der Waals surface area contributed by atoms with Gasteiger partial charge in [-0.05, 0) is 24.3 Å². The highest BCUT2D eigenvalue weighted by Gasteiger charge is 2.15. The Labute approximate surface area is 100 Å². The maximum Gasteiger partial charge on any atom is 0.358 e. The van der Waals surface area contributed by atoms with Gasteiger partial charge >= 0.3 is 5.97 Å². The second-order valence-corrected chi connectivity index (χ2v) is 3.71. The molecule has 0 aliphatic heterocycles. The Morgan fingerprint density at radius 2 is 2.00 bits per heavy atom. The summed E-state index contributed by atoms with van der Waals surface area (Å²) in [5, 5.41) is 22.2. The maximum absolute atomic E-state index is 10.7. The first-order valence-corrected chi connectivity index (χ1v) is 5.06. The Balaban J connectivity index is 2.10. The summed E-state index contributed by atoms with van der Waals surface area (Å²) in [4.78, 5) is 10.7. The third-order valence-electron chi connectivity index (χ3n) is 2.47. The van der Waals surface area contributed by atoms with E-state index >= 15 is 0 Å². The molecule has 3 rings (SSSR count). The molecule has 0 radical (unpaired) electrons. The van der Waals surface area contributed by atoms with Crippen molar-refractivity contribution in [3.63, 3.8) is 0 Å². The van der Waals surface area contributed by atoms with Crippen LogP contribution in [-0.2, 0) is 0 Å². The second kappa shape index (κ2) is 3.63. The number of hydrogen-bond donors (Lipinski definition) is 2. The number of furan rings is 1. The van der Waals surface area contributed by atoms with E-state index in [1.165, 1.54) is 18.2 Å². The van der Waals surface area contributed by atoms with Gasteiger partial charge in [0.15, 0.2) is 11.5 Å². The molecule has 18 heavy (non-hydrogen) atoms. The molecule has 1 aromatic carbocycles. The Hall–Kier alpha value is -2.76. The van der Waals surface area contributed by atoms with Crippen molar-refractivity contribution >= 4 is 16.9 Å². The highest BCUT2D eigenvalue weighted by atomic mass is 16.5. The number of nitrogens with zero attached hydrogens (tertiary/aromatic N) is 1. The van der Waals surface area contributed by atoms with E-state index < -0.39 is 5.97 Å². The number of aromatic hydroxyl groups is 1. The van der Waals surface area contributed by atoms with Gasteiger partial charge in [-0.2, -0.15) is 0 Å². The van der Waals surface area contributed by atoms with E-state index in [9.17, 15) is 9.90 Å². The van der Waals surface area contributed by atoms with Gasteiger partial charge in [0.1, 0.15) is 11.3 Å². The molecule has 6 nitrogen and oxygen atoms in total. The third kappa shape index (κ3) is 1.60. The first kappa shape index (κ1) is 10.4. The molecule has 2 N–H and O–H groups in total. The summed E-state index contributed by atoms with van der Waals surface area (Å²) < 4.78 is 10.3. The molecule has 0 atom stereocenters. The minimum absolute atomic E-state index is 0.124. The zero-order valence-electron chi connectivity index (χ0n) is 8.95. The average Bonchev–Trinajstić information content (AvgIpc) is 2.93. The van der Waals surface area contributed by atoms with Crippen molar-refractivity contribution in [1.29, 1.82) is 0 Å². The van der Waals surface area contributed by atoms with Crippen LogP contribution in [0.25, 0.3) is 22.5 Å². The Morgan fingerprint density at radius 3 is 2.72 bits per heavy atom. The fraction of sp³-hybridized carbons (Fsp3) is 0. The first-order valence-electron chi connectivity index (χ1n) is 5.06. The van der Waals surface area contributed by atoms with E-state index in [0.29, 0.717) is 16.7 Å². The lowest BCUT2D eigenvalue weighted by Gasteiger charge is -1.88. The van der Waals surface area contributed by atoms with Crippen molar-refractivity contribution in [1.82, 2.24) is 5.16 Å². The molecule has 0 unspecified atom stereocenters. The highest BCUT2D eigenvalue weighted by molar-refractivity contribution is 5.87. The lowest BCUT2D eigenvalue weighted by Crippen LogP contribution is -1.94. The van der Waals surface area contributed by atoms with Gasteiger partial charge in [0, 0.05) is 11.5 Å². The quantitative estimate of drug-likeness (QED) is 0.719. The molecule has 0 aliphatic carbocycles. The summed E-state index contributed by atoms with van der Waals surface area (Å²) in [6.45, 7) is 0. The number of fused-ring (bicyclic) bond motifs is 1. The molecule has 6 heteroatoms. The number of benzene rings is 1. The zero-order chi connectivity index (χ0) is 12.7. The van der Waals surface area contributed by atoms with Crippen molar-refractivity contribution in [2.45, 2.75) is 0 Å². The molecular weight excluding hydrogens is 238 g/mol. The van der Waals surface area contributed by atoms with E-state index in [1.807, 2.05) is 0 Å². The summed E-state index contributed by atoms with van der Waals surface area (Å²) in [5.41, 5.74) is 0.379. The number of phenolic OH excluding ortho intramolecular Hbond substituents is 1. The number of carbonyl (C=O) groups is 1. The third-order valence-corrected chi connectivity index (χ3v) is 2.47. The fourth-order valence-corrected chi connectivity index (χ4v) is 1.64. The van der Waals surface area contributed by atoms with Gasteiger partial charge in [0.05, 0.1) is 0 Å². The van der Waals surface area contributed by atoms with Crippen molar-refractivity contribution in [2.24, 2.45) is 0 Å². The summed E-state index contributed by atoms with van der Waals surface area (Å²) in [7, 11) is 0. The predicted molar refractivity (Wildman–Crippen MR) is 60.3 cm³/mol. The smallest absolute Gasteiger partial charge is 0.358 e. The molecule has 2 aromatic heterocycles. The standard InChI is InChI=1S/C12H7NO5/c14-7-1-2-9-6(3-7)4-10(17-9)11-5-8(12(15)16)13-18-11/h1-5,14H,(H,15,16). The van der Waals surface area contributed by atoms with E-state index in [2.05, 4.69) is 5.16 Å². The average molecular weight is 245 g/mol. The molecule has 0 aliphatic rings. The molecule has 0 saturated carbocycles. The molecule has 0 spiro atoms. The van der Waals surface area contributed by atoms with Gasteiger partial charge in [-0.15, -0.1) is 0 Å². The number of carboxylic acid groups (broad SMARTS) is 1. The normalized spacial score (nSPS) is 10.9. The summed E-state index contributed by atoms with van der Waals surface area (Å²) in [6, 6.07) is 7.57. The second-order valence-electron chi connectivity index (χ2n) is 3.71. The Bertz CT molecular complexity index is 740. The van der Waals surface area contributed by atoms with E-state index in [0.717, 1.165) is 0 Å². The number of carboxylic acids is 1. The monoisotopic (exact) mass is 245 g/mol. The fourth-order valence-electron chi connectivity index (χ4n) is 1.64. The number of aromatic nitrogens is 1. The topological polar surface area (TPSA) is 96.7 Å². The van der Waals surface area contributed by atoms with Gasteiger partial charge < -0.3 is 19.2 Å². The van der Waals surface area contributed by atoms with Crippen LogP contribution in [0.5, 0.6) is 5.75 Å². The number of aromatic carboxylic acids is 1. The van der Waals surface area contributed by atoms with Gasteiger partial charge in [0.25, 0.3) is 0 Å².